The largest absolute Gasteiger partial charge is 0.336 e. The van der Waals surface area contributed by atoms with Gasteiger partial charge in [-0.3, -0.25) is 0 Å². The molecule has 0 bridgehead atoms. The van der Waals surface area contributed by atoms with Gasteiger partial charge in [-0.25, -0.2) is 9.78 Å². The predicted octanol–water partition coefficient (Wildman–Crippen LogP) is 2.47. The van der Waals surface area contributed by atoms with Gasteiger partial charge in [0.25, 0.3) is 0 Å². The topological polar surface area (TPSA) is 54.0 Å². The molecule has 1 aromatic heterocycles. The third-order valence-electron chi connectivity index (χ3n) is 1.91. The maximum absolute atomic E-state index is 11.3. The molecule has 5 heteroatoms. The minimum atomic E-state index is -0.144. The summed E-state index contributed by atoms with van der Waals surface area (Å²) in [5.41, 5.74) is 0.924. The zero-order valence-electron chi connectivity index (χ0n) is 10.2. The summed E-state index contributed by atoms with van der Waals surface area (Å²) >= 11 is 1.64. The molecule has 90 valence electrons. The number of thiazole rings is 1. The van der Waals surface area contributed by atoms with Crippen LogP contribution in [0.1, 0.15) is 44.3 Å². The van der Waals surface area contributed by atoms with Gasteiger partial charge in [0.15, 0.2) is 0 Å². The highest BCUT2D eigenvalue weighted by Gasteiger charge is 2.07. The van der Waals surface area contributed by atoms with E-state index in [1.54, 1.807) is 11.3 Å². The van der Waals surface area contributed by atoms with E-state index >= 15 is 0 Å². The van der Waals surface area contributed by atoms with E-state index in [2.05, 4.69) is 29.5 Å². The van der Waals surface area contributed by atoms with E-state index in [4.69, 9.17) is 0 Å². The molecule has 1 heterocycles. The zero-order chi connectivity index (χ0) is 12.1. The van der Waals surface area contributed by atoms with Gasteiger partial charge in [0, 0.05) is 17.3 Å². The van der Waals surface area contributed by atoms with Crippen molar-refractivity contribution in [2.24, 2.45) is 0 Å². The first-order chi connectivity index (χ1) is 7.49. The maximum Gasteiger partial charge on any atom is 0.315 e. The van der Waals surface area contributed by atoms with Crippen molar-refractivity contribution in [3.8, 4) is 0 Å². The third kappa shape index (κ3) is 4.18. The molecule has 0 fully saturated rings. The molecule has 0 saturated heterocycles. The Morgan fingerprint density at radius 3 is 2.62 bits per heavy atom. The fourth-order valence-corrected chi connectivity index (χ4v) is 1.99. The number of urea groups is 1. The Kier molecular flexibility index (Phi) is 4.73. The van der Waals surface area contributed by atoms with Gasteiger partial charge in [0.05, 0.1) is 17.2 Å². The van der Waals surface area contributed by atoms with Crippen LogP contribution in [0.4, 0.5) is 4.79 Å². The van der Waals surface area contributed by atoms with E-state index in [9.17, 15) is 4.79 Å². The second-order valence-electron chi connectivity index (χ2n) is 4.31. The van der Waals surface area contributed by atoms with Gasteiger partial charge in [-0.05, 0) is 13.8 Å². The number of hydrogen-bond acceptors (Lipinski definition) is 3. The molecule has 4 nitrogen and oxygen atoms in total. The normalized spacial score (nSPS) is 10.9. The number of carbonyl (C=O) groups excluding carboxylic acids is 1. The minimum Gasteiger partial charge on any atom is -0.336 e. The summed E-state index contributed by atoms with van der Waals surface area (Å²) in [6.07, 6.45) is 0. The monoisotopic (exact) mass is 241 g/mol. The van der Waals surface area contributed by atoms with Gasteiger partial charge in [0.2, 0.25) is 0 Å². The fraction of sp³-hybridized carbons (Fsp3) is 0.636. The van der Waals surface area contributed by atoms with Crippen LogP contribution in [0.2, 0.25) is 0 Å². The highest BCUT2D eigenvalue weighted by molar-refractivity contribution is 7.09. The molecule has 2 N–H and O–H groups in total. The Bertz CT molecular complexity index is 347. The molecule has 1 rings (SSSR count). The predicted molar refractivity (Wildman–Crippen MR) is 66.7 cm³/mol. The summed E-state index contributed by atoms with van der Waals surface area (Å²) in [7, 11) is 0. The van der Waals surface area contributed by atoms with E-state index in [1.165, 1.54) is 0 Å². The SMILES string of the molecule is CC(C)NC(=O)NCc1csc(C(C)C)n1. The van der Waals surface area contributed by atoms with Crippen molar-refractivity contribution in [1.82, 2.24) is 15.6 Å². The number of hydrogen-bond donors (Lipinski definition) is 2. The Morgan fingerprint density at radius 2 is 2.12 bits per heavy atom. The van der Waals surface area contributed by atoms with Crippen molar-refractivity contribution in [3.05, 3.63) is 16.1 Å². The van der Waals surface area contributed by atoms with Crippen LogP contribution in [0, 0.1) is 0 Å². The molecule has 0 unspecified atom stereocenters. The minimum absolute atomic E-state index is 0.144. The van der Waals surface area contributed by atoms with Crippen LogP contribution in [0.5, 0.6) is 0 Å². The van der Waals surface area contributed by atoms with Crippen molar-refractivity contribution in [1.29, 1.82) is 0 Å². The van der Waals surface area contributed by atoms with Crippen LogP contribution >= 0.6 is 11.3 Å². The molecule has 16 heavy (non-hydrogen) atoms. The molecule has 0 aliphatic rings. The second-order valence-corrected chi connectivity index (χ2v) is 5.20. The van der Waals surface area contributed by atoms with Gasteiger partial charge in [-0.2, -0.15) is 0 Å². The Hall–Kier alpha value is -1.10. The van der Waals surface area contributed by atoms with Gasteiger partial charge < -0.3 is 10.6 Å². The van der Waals surface area contributed by atoms with Crippen LogP contribution in [-0.2, 0) is 6.54 Å². The van der Waals surface area contributed by atoms with Gasteiger partial charge in [-0.1, -0.05) is 13.8 Å². The Balaban J connectivity index is 2.39. The van der Waals surface area contributed by atoms with E-state index in [0.29, 0.717) is 12.5 Å². The average Bonchev–Trinajstić information content (AvgIpc) is 2.61. The molecule has 0 spiro atoms. The van der Waals surface area contributed by atoms with Crippen LogP contribution in [0.3, 0.4) is 0 Å². The number of nitrogens with one attached hydrogen (secondary N) is 2. The third-order valence-corrected chi connectivity index (χ3v) is 3.11. The lowest BCUT2D eigenvalue weighted by Gasteiger charge is -2.08. The molecule has 0 saturated carbocycles. The van der Waals surface area contributed by atoms with Crippen molar-refractivity contribution in [2.75, 3.05) is 0 Å². The average molecular weight is 241 g/mol. The van der Waals surface area contributed by atoms with E-state index in [-0.39, 0.29) is 12.1 Å². The number of nitrogens with zero attached hydrogens (tertiary/aromatic N) is 1. The quantitative estimate of drug-likeness (QED) is 0.851. The van der Waals surface area contributed by atoms with E-state index < -0.39 is 0 Å². The second kappa shape index (κ2) is 5.84. The molecule has 1 aromatic rings. The van der Waals surface area contributed by atoms with Crippen molar-refractivity contribution >= 4 is 17.4 Å². The van der Waals surface area contributed by atoms with Crippen LogP contribution < -0.4 is 10.6 Å². The zero-order valence-corrected chi connectivity index (χ0v) is 11.0. The van der Waals surface area contributed by atoms with E-state index in [1.807, 2.05) is 19.2 Å². The lowest BCUT2D eigenvalue weighted by atomic mass is 10.2. The first kappa shape index (κ1) is 13.0. The van der Waals surface area contributed by atoms with E-state index in [0.717, 1.165) is 10.7 Å². The molecule has 0 radical (unpaired) electrons. The standard InChI is InChI=1S/C11H19N3OS/c1-7(2)10-14-9(6-16-10)5-12-11(15)13-8(3)4/h6-8H,5H2,1-4H3,(H2,12,13,15). The van der Waals surface area contributed by atoms with Crippen LogP contribution in [0.25, 0.3) is 0 Å². The van der Waals surface area contributed by atoms with Crippen molar-refractivity contribution in [3.63, 3.8) is 0 Å². The van der Waals surface area contributed by atoms with Crippen LogP contribution in [0.15, 0.2) is 5.38 Å². The van der Waals surface area contributed by atoms with Gasteiger partial charge in [0.1, 0.15) is 0 Å². The summed E-state index contributed by atoms with van der Waals surface area (Å²) in [6, 6.07) is 0.00996. The lowest BCUT2D eigenvalue weighted by Crippen LogP contribution is -2.39. The molecular formula is C11H19N3OS. The Morgan fingerprint density at radius 1 is 1.44 bits per heavy atom. The van der Waals surface area contributed by atoms with Crippen molar-refractivity contribution < 1.29 is 4.79 Å². The summed E-state index contributed by atoms with van der Waals surface area (Å²) in [4.78, 5) is 15.8. The number of aromatic nitrogens is 1. The highest BCUT2D eigenvalue weighted by Crippen LogP contribution is 2.18. The molecule has 0 aromatic carbocycles. The molecule has 0 aliphatic heterocycles. The summed E-state index contributed by atoms with van der Waals surface area (Å²) in [6.45, 7) is 8.57. The van der Waals surface area contributed by atoms with Gasteiger partial charge in [-0.15, -0.1) is 11.3 Å². The molecular weight excluding hydrogens is 222 g/mol. The number of amides is 2. The summed E-state index contributed by atoms with van der Waals surface area (Å²) < 4.78 is 0. The smallest absolute Gasteiger partial charge is 0.315 e. The molecule has 0 atom stereocenters. The maximum atomic E-state index is 11.3. The first-order valence-electron chi connectivity index (χ1n) is 5.47. The van der Waals surface area contributed by atoms with Gasteiger partial charge >= 0.3 is 6.03 Å². The van der Waals surface area contributed by atoms with Crippen LogP contribution in [-0.4, -0.2) is 17.1 Å². The van der Waals surface area contributed by atoms with Crippen molar-refractivity contribution in [2.45, 2.75) is 46.2 Å². The number of carbonyl (C=O) groups is 1. The summed E-state index contributed by atoms with van der Waals surface area (Å²) in [5.74, 6) is 0.447. The highest BCUT2D eigenvalue weighted by atomic mass is 32.1. The molecule has 2 amide bonds. The lowest BCUT2D eigenvalue weighted by molar-refractivity contribution is 0.238. The molecule has 0 aliphatic carbocycles. The summed E-state index contributed by atoms with van der Waals surface area (Å²) in [5, 5.41) is 8.65. The Labute approximate surface area is 100 Å². The first-order valence-corrected chi connectivity index (χ1v) is 6.35. The fourth-order valence-electron chi connectivity index (χ4n) is 1.15. The number of rotatable bonds is 4.